The average Bonchev–Trinajstić information content (AvgIpc) is 2.59. The molecule has 1 aromatic rings. The fraction of sp³-hybridized carbons (Fsp3) is 0.667. The number of anilines is 1. The summed E-state index contributed by atoms with van der Waals surface area (Å²) in [5.41, 5.74) is 1.50. The van der Waals surface area contributed by atoms with E-state index in [1.54, 1.807) is 0 Å². The maximum atomic E-state index is 12.6. The van der Waals surface area contributed by atoms with E-state index in [0.717, 1.165) is 32.4 Å². The minimum atomic E-state index is -0.636. The molecule has 2 saturated heterocycles. The van der Waals surface area contributed by atoms with Gasteiger partial charge in [-0.15, -0.1) is 0 Å². The molecule has 0 saturated carbocycles. The van der Waals surface area contributed by atoms with Crippen LogP contribution < -0.4 is 4.90 Å². The van der Waals surface area contributed by atoms with Gasteiger partial charge in [0.2, 0.25) is 5.91 Å². The molecule has 0 aromatic heterocycles. The van der Waals surface area contributed by atoms with Crippen LogP contribution in [0.3, 0.4) is 0 Å². The van der Waals surface area contributed by atoms with E-state index in [1.807, 2.05) is 25.9 Å². The minimum Gasteiger partial charge on any atom is -0.390 e. The number of aryl methyl sites for hydroxylation is 1. The smallest absolute Gasteiger partial charge is 0.222 e. The molecule has 5 nitrogen and oxygen atoms in total. The van der Waals surface area contributed by atoms with Crippen LogP contribution in [0.5, 0.6) is 0 Å². The molecule has 2 aliphatic rings. The Balaban J connectivity index is 1.48. The predicted octanol–water partition coefficient (Wildman–Crippen LogP) is 2.61. The SMILES string of the molecule is CN(C)c1ccc(CCC(=O)N2CCC3(CC2)CC(C)(O)CCO3)cc1. The topological polar surface area (TPSA) is 53.0 Å². The first-order valence-corrected chi connectivity index (χ1v) is 9.69. The van der Waals surface area contributed by atoms with Gasteiger partial charge in [0.05, 0.1) is 17.8 Å². The third-order valence-electron chi connectivity index (χ3n) is 5.86. The summed E-state index contributed by atoms with van der Waals surface area (Å²) in [6, 6.07) is 8.39. The second-order valence-corrected chi connectivity index (χ2v) is 8.40. The van der Waals surface area contributed by atoms with Crippen molar-refractivity contribution in [1.82, 2.24) is 4.90 Å². The summed E-state index contributed by atoms with van der Waals surface area (Å²) in [6.07, 6.45) is 4.36. The van der Waals surface area contributed by atoms with Crippen molar-refractivity contribution < 1.29 is 14.6 Å². The summed E-state index contributed by atoms with van der Waals surface area (Å²) in [5.74, 6) is 0.221. The van der Waals surface area contributed by atoms with Gasteiger partial charge in [0, 0.05) is 45.7 Å². The lowest BCUT2D eigenvalue weighted by Crippen LogP contribution is -2.54. The third kappa shape index (κ3) is 4.57. The van der Waals surface area contributed by atoms with Gasteiger partial charge in [0.15, 0.2) is 0 Å². The minimum absolute atomic E-state index is 0.221. The number of nitrogens with zero attached hydrogens (tertiary/aromatic N) is 2. The van der Waals surface area contributed by atoms with Gasteiger partial charge in [-0.25, -0.2) is 0 Å². The quantitative estimate of drug-likeness (QED) is 0.897. The van der Waals surface area contributed by atoms with Crippen molar-refractivity contribution >= 4 is 11.6 Å². The molecule has 1 amide bonds. The van der Waals surface area contributed by atoms with Crippen molar-refractivity contribution in [2.75, 3.05) is 38.7 Å². The van der Waals surface area contributed by atoms with Crippen LogP contribution in [0.25, 0.3) is 0 Å². The van der Waals surface area contributed by atoms with Gasteiger partial charge in [0.1, 0.15) is 0 Å². The number of rotatable bonds is 4. The number of ether oxygens (including phenoxy) is 1. The normalized spacial score (nSPS) is 25.3. The highest BCUT2D eigenvalue weighted by Crippen LogP contribution is 2.39. The number of amides is 1. The highest BCUT2D eigenvalue weighted by atomic mass is 16.5. The molecule has 1 atom stereocenters. The number of hydrogen-bond donors (Lipinski definition) is 1. The molecule has 1 spiro atoms. The van der Waals surface area contributed by atoms with E-state index in [4.69, 9.17) is 4.74 Å². The van der Waals surface area contributed by atoms with Crippen LogP contribution in [0.2, 0.25) is 0 Å². The van der Waals surface area contributed by atoms with Crippen LogP contribution in [0.1, 0.15) is 44.6 Å². The molecule has 2 fully saturated rings. The van der Waals surface area contributed by atoms with Gasteiger partial charge in [-0.05, 0) is 50.3 Å². The zero-order valence-electron chi connectivity index (χ0n) is 16.3. The van der Waals surface area contributed by atoms with E-state index < -0.39 is 5.60 Å². The predicted molar refractivity (Wildman–Crippen MR) is 103 cm³/mol. The van der Waals surface area contributed by atoms with Crippen LogP contribution in [0, 0.1) is 0 Å². The number of carbonyl (C=O) groups is 1. The Morgan fingerprint density at radius 3 is 2.42 bits per heavy atom. The molecule has 1 unspecified atom stereocenters. The standard InChI is InChI=1S/C21H32N2O3/c1-20(25)12-15-26-21(16-20)10-13-23(14-11-21)19(24)9-6-17-4-7-18(8-5-17)22(2)3/h4-5,7-8,25H,6,9-16H2,1-3H3. The number of piperidine rings is 1. The lowest BCUT2D eigenvalue weighted by atomic mass is 9.78. The largest absolute Gasteiger partial charge is 0.390 e. The number of aliphatic hydroxyl groups is 1. The molecule has 26 heavy (non-hydrogen) atoms. The van der Waals surface area contributed by atoms with Crippen LogP contribution in [-0.2, 0) is 16.0 Å². The molecular weight excluding hydrogens is 328 g/mol. The average molecular weight is 360 g/mol. The van der Waals surface area contributed by atoms with Crippen LogP contribution in [-0.4, -0.2) is 60.9 Å². The monoisotopic (exact) mass is 360 g/mol. The molecule has 0 bridgehead atoms. The Morgan fingerprint density at radius 1 is 1.19 bits per heavy atom. The highest BCUT2D eigenvalue weighted by Gasteiger charge is 2.44. The first-order valence-electron chi connectivity index (χ1n) is 9.69. The number of carbonyl (C=O) groups excluding carboxylic acids is 1. The maximum Gasteiger partial charge on any atom is 0.222 e. The molecule has 3 rings (SSSR count). The molecule has 144 valence electrons. The summed E-state index contributed by atoms with van der Waals surface area (Å²) in [6.45, 7) is 3.98. The van der Waals surface area contributed by atoms with Gasteiger partial charge in [-0.3, -0.25) is 4.79 Å². The molecule has 1 N–H and O–H groups in total. The second-order valence-electron chi connectivity index (χ2n) is 8.40. The Labute approximate surface area is 156 Å². The fourth-order valence-corrected chi connectivity index (χ4v) is 4.18. The Bertz CT molecular complexity index is 617. The Kier molecular flexibility index (Phi) is 5.58. The first-order chi connectivity index (χ1) is 12.3. The fourth-order valence-electron chi connectivity index (χ4n) is 4.18. The molecule has 5 heteroatoms. The van der Waals surface area contributed by atoms with E-state index >= 15 is 0 Å². The first kappa shape index (κ1) is 19.2. The van der Waals surface area contributed by atoms with E-state index in [9.17, 15) is 9.90 Å². The Hall–Kier alpha value is -1.59. The summed E-state index contributed by atoms with van der Waals surface area (Å²) in [4.78, 5) is 16.6. The summed E-state index contributed by atoms with van der Waals surface area (Å²) in [7, 11) is 4.05. The molecule has 2 heterocycles. The highest BCUT2D eigenvalue weighted by molar-refractivity contribution is 5.76. The van der Waals surface area contributed by atoms with E-state index in [-0.39, 0.29) is 11.5 Å². The lowest BCUT2D eigenvalue weighted by molar-refractivity contribution is -0.175. The second kappa shape index (κ2) is 7.57. The van der Waals surface area contributed by atoms with Crippen molar-refractivity contribution in [2.24, 2.45) is 0 Å². The maximum absolute atomic E-state index is 12.6. The van der Waals surface area contributed by atoms with Gasteiger partial charge in [0.25, 0.3) is 0 Å². The Morgan fingerprint density at radius 2 is 1.85 bits per heavy atom. The molecular formula is C21H32N2O3. The van der Waals surface area contributed by atoms with Crippen molar-refractivity contribution in [2.45, 2.75) is 56.7 Å². The third-order valence-corrected chi connectivity index (χ3v) is 5.86. The van der Waals surface area contributed by atoms with Gasteiger partial charge >= 0.3 is 0 Å². The zero-order valence-corrected chi connectivity index (χ0v) is 16.3. The number of hydrogen-bond acceptors (Lipinski definition) is 4. The van der Waals surface area contributed by atoms with E-state index in [2.05, 4.69) is 29.2 Å². The van der Waals surface area contributed by atoms with E-state index in [1.165, 1.54) is 11.3 Å². The molecule has 0 aliphatic carbocycles. The van der Waals surface area contributed by atoms with Crippen LogP contribution in [0.4, 0.5) is 5.69 Å². The van der Waals surface area contributed by atoms with Crippen LogP contribution in [0.15, 0.2) is 24.3 Å². The number of benzene rings is 1. The van der Waals surface area contributed by atoms with E-state index in [0.29, 0.717) is 25.9 Å². The van der Waals surface area contributed by atoms with Gasteiger partial charge < -0.3 is 19.6 Å². The number of likely N-dealkylation sites (tertiary alicyclic amines) is 1. The summed E-state index contributed by atoms with van der Waals surface area (Å²) < 4.78 is 6.03. The van der Waals surface area contributed by atoms with Gasteiger partial charge in [-0.1, -0.05) is 12.1 Å². The zero-order chi connectivity index (χ0) is 18.8. The van der Waals surface area contributed by atoms with Crippen molar-refractivity contribution in [1.29, 1.82) is 0 Å². The lowest BCUT2D eigenvalue weighted by Gasteiger charge is -2.48. The molecule has 2 aliphatic heterocycles. The van der Waals surface area contributed by atoms with Gasteiger partial charge in [-0.2, -0.15) is 0 Å². The molecule has 0 radical (unpaired) electrons. The van der Waals surface area contributed by atoms with Crippen molar-refractivity contribution in [3.8, 4) is 0 Å². The van der Waals surface area contributed by atoms with Crippen molar-refractivity contribution in [3.05, 3.63) is 29.8 Å². The van der Waals surface area contributed by atoms with Crippen molar-refractivity contribution in [3.63, 3.8) is 0 Å². The summed E-state index contributed by atoms with van der Waals surface area (Å²) >= 11 is 0. The van der Waals surface area contributed by atoms with Crippen LogP contribution >= 0.6 is 0 Å². The summed E-state index contributed by atoms with van der Waals surface area (Å²) in [5, 5.41) is 10.4. The molecule has 1 aromatic carbocycles.